The number of ketones is 1. The molecule has 178 valence electrons. The molecule has 0 radical (unpaired) electrons. The summed E-state index contributed by atoms with van der Waals surface area (Å²) in [6, 6.07) is 0. The molecular weight excluding hydrogens is 396 g/mol. The zero-order chi connectivity index (χ0) is 22.5. The van der Waals surface area contributed by atoms with Crippen LogP contribution < -0.4 is 0 Å². The maximum Gasteiger partial charge on any atom is 0.309 e. The second-order valence-electron chi connectivity index (χ2n) is 12.4. The molecule has 7 atom stereocenters. The van der Waals surface area contributed by atoms with Crippen molar-refractivity contribution in [2.24, 2.45) is 46.8 Å². The maximum atomic E-state index is 13.0. The number of hydrogen-bond donors (Lipinski definition) is 0. The van der Waals surface area contributed by atoms with Crippen LogP contribution in [0.3, 0.4) is 0 Å². The van der Waals surface area contributed by atoms with Gasteiger partial charge in [0.05, 0.1) is 5.92 Å². The summed E-state index contributed by atoms with van der Waals surface area (Å²) in [5, 5.41) is 0. The van der Waals surface area contributed by atoms with Crippen LogP contribution in [-0.2, 0) is 14.3 Å². The lowest BCUT2D eigenvalue weighted by Gasteiger charge is -2.56. The number of unbranched alkanes of at least 4 members (excludes halogenated alkanes) is 2. The smallest absolute Gasteiger partial charge is 0.309 e. The molecule has 0 N–H and O–H groups in total. The molecule has 3 heteroatoms. The summed E-state index contributed by atoms with van der Waals surface area (Å²) < 4.78 is 6.30. The van der Waals surface area contributed by atoms with Gasteiger partial charge in [-0.05, 0) is 93.0 Å². The third kappa shape index (κ3) is 3.90. The molecule has 0 saturated heterocycles. The van der Waals surface area contributed by atoms with Crippen LogP contribution in [0.1, 0.15) is 104 Å². The lowest BCUT2D eigenvalue weighted by molar-refractivity contribution is -0.169. The van der Waals surface area contributed by atoms with Gasteiger partial charge in [0.1, 0.15) is 6.10 Å². The fourth-order valence-electron chi connectivity index (χ4n) is 8.82. The highest BCUT2D eigenvalue weighted by atomic mass is 16.5. The SMILES string of the molecule is CCCCCC1CC(C(=O)O[C@H]2CC[C@H]3[C@H]4[C@H](CC[C@]23C)[C@H]2CCC(=O)C=C2C[C@H]4C)C1. The summed E-state index contributed by atoms with van der Waals surface area (Å²) in [6.07, 6.45) is 17.1. The summed E-state index contributed by atoms with van der Waals surface area (Å²) in [5.74, 6) is 4.81. The summed E-state index contributed by atoms with van der Waals surface area (Å²) >= 11 is 0. The average Bonchev–Trinajstić information content (AvgIpc) is 3.05. The zero-order valence-electron chi connectivity index (χ0n) is 20.6. The average molecular weight is 441 g/mol. The molecule has 0 heterocycles. The van der Waals surface area contributed by atoms with E-state index in [1.165, 1.54) is 50.5 Å². The summed E-state index contributed by atoms with van der Waals surface area (Å²) in [6.45, 7) is 7.12. The van der Waals surface area contributed by atoms with Crippen LogP contribution in [0.5, 0.6) is 0 Å². The van der Waals surface area contributed by atoms with Gasteiger partial charge in [0.15, 0.2) is 5.78 Å². The fraction of sp³-hybridized carbons (Fsp3) is 0.862. The predicted octanol–water partition coefficient (Wildman–Crippen LogP) is 6.89. The Morgan fingerprint density at radius 1 is 1.16 bits per heavy atom. The Balaban J connectivity index is 1.21. The van der Waals surface area contributed by atoms with E-state index < -0.39 is 0 Å². The van der Waals surface area contributed by atoms with Gasteiger partial charge in [0.2, 0.25) is 0 Å². The van der Waals surface area contributed by atoms with Crippen molar-refractivity contribution in [3.8, 4) is 0 Å². The Hall–Kier alpha value is -1.12. The number of hydrogen-bond acceptors (Lipinski definition) is 3. The molecule has 0 aromatic heterocycles. The van der Waals surface area contributed by atoms with E-state index >= 15 is 0 Å². The largest absolute Gasteiger partial charge is 0.462 e. The van der Waals surface area contributed by atoms with Gasteiger partial charge in [-0.1, -0.05) is 52.0 Å². The van der Waals surface area contributed by atoms with Gasteiger partial charge in [-0.2, -0.15) is 0 Å². The molecule has 0 spiro atoms. The third-order valence-corrected chi connectivity index (χ3v) is 10.6. The van der Waals surface area contributed by atoms with E-state index in [1.54, 1.807) is 0 Å². The van der Waals surface area contributed by atoms with Crippen LogP contribution in [0.15, 0.2) is 11.6 Å². The first-order valence-electron chi connectivity index (χ1n) is 13.8. The van der Waals surface area contributed by atoms with Crippen molar-refractivity contribution in [1.29, 1.82) is 0 Å². The lowest BCUT2D eigenvalue weighted by atomic mass is 9.49. The van der Waals surface area contributed by atoms with Crippen molar-refractivity contribution in [3.05, 3.63) is 11.6 Å². The van der Waals surface area contributed by atoms with Crippen LogP contribution in [-0.4, -0.2) is 17.9 Å². The second kappa shape index (κ2) is 8.91. The monoisotopic (exact) mass is 440 g/mol. The van der Waals surface area contributed by atoms with Crippen molar-refractivity contribution in [3.63, 3.8) is 0 Å². The number of allylic oxidation sites excluding steroid dienone is 1. The standard InChI is InChI=1S/C29H44O3/c1-4-5-6-7-19-15-21(16-19)28(31)32-26-11-10-25-27-18(2)14-20-17-22(30)8-9-23(20)24(27)12-13-29(25,26)3/h17-19,21,23-27H,4-16H2,1-3H3/t18-,19?,21?,23+,24-,25+,26+,27-,29+/m1/s1. The molecule has 32 heavy (non-hydrogen) atoms. The van der Waals surface area contributed by atoms with E-state index in [-0.39, 0.29) is 23.4 Å². The minimum absolute atomic E-state index is 0.110. The maximum absolute atomic E-state index is 13.0. The minimum atomic E-state index is 0.110. The lowest BCUT2D eigenvalue weighted by Crippen LogP contribution is -2.51. The normalized spacial score (nSPS) is 45.2. The zero-order valence-corrected chi connectivity index (χ0v) is 20.6. The molecule has 4 fully saturated rings. The van der Waals surface area contributed by atoms with Gasteiger partial charge in [-0.3, -0.25) is 9.59 Å². The van der Waals surface area contributed by atoms with E-state index in [0.717, 1.165) is 56.3 Å². The van der Waals surface area contributed by atoms with Crippen molar-refractivity contribution >= 4 is 11.8 Å². The van der Waals surface area contributed by atoms with Crippen molar-refractivity contribution < 1.29 is 14.3 Å². The second-order valence-corrected chi connectivity index (χ2v) is 12.4. The number of fused-ring (bicyclic) bond motifs is 5. The Morgan fingerprint density at radius 2 is 1.97 bits per heavy atom. The molecule has 3 nitrogen and oxygen atoms in total. The van der Waals surface area contributed by atoms with Gasteiger partial charge >= 0.3 is 5.97 Å². The van der Waals surface area contributed by atoms with E-state index in [4.69, 9.17) is 4.74 Å². The first-order chi connectivity index (χ1) is 15.4. The van der Waals surface area contributed by atoms with Crippen LogP contribution in [0.25, 0.3) is 0 Å². The topological polar surface area (TPSA) is 43.4 Å². The van der Waals surface area contributed by atoms with Crippen molar-refractivity contribution in [2.75, 3.05) is 0 Å². The molecule has 5 rings (SSSR count). The molecule has 0 aliphatic heterocycles. The number of carbonyl (C=O) groups excluding carboxylic acids is 2. The van der Waals surface area contributed by atoms with Gasteiger partial charge in [-0.25, -0.2) is 0 Å². The Morgan fingerprint density at radius 3 is 2.75 bits per heavy atom. The summed E-state index contributed by atoms with van der Waals surface area (Å²) in [5.41, 5.74) is 1.61. The highest BCUT2D eigenvalue weighted by Crippen LogP contribution is 2.63. The van der Waals surface area contributed by atoms with Gasteiger partial charge in [0.25, 0.3) is 0 Å². The van der Waals surface area contributed by atoms with E-state index in [9.17, 15) is 9.59 Å². The Kier molecular flexibility index (Phi) is 6.31. The molecular formula is C29H44O3. The first kappa shape index (κ1) is 22.7. The summed E-state index contributed by atoms with van der Waals surface area (Å²) in [7, 11) is 0. The van der Waals surface area contributed by atoms with Gasteiger partial charge < -0.3 is 4.74 Å². The Bertz CT molecular complexity index is 762. The molecule has 5 aliphatic rings. The molecule has 0 bridgehead atoms. The van der Waals surface area contributed by atoms with Crippen molar-refractivity contribution in [1.82, 2.24) is 0 Å². The molecule has 0 aromatic carbocycles. The predicted molar refractivity (Wildman–Crippen MR) is 127 cm³/mol. The van der Waals surface area contributed by atoms with Gasteiger partial charge in [0, 0.05) is 11.8 Å². The minimum Gasteiger partial charge on any atom is -0.462 e. The summed E-state index contributed by atoms with van der Waals surface area (Å²) in [4.78, 5) is 25.0. The molecule has 5 aliphatic carbocycles. The van der Waals surface area contributed by atoms with Crippen molar-refractivity contribution in [2.45, 2.75) is 110 Å². The third-order valence-electron chi connectivity index (χ3n) is 10.6. The number of esters is 1. The molecule has 0 unspecified atom stereocenters. The highest BCUT2D eigenvalue weighted by molar-refractivity contribution is 5.91. The molecule has 0 aromatic rings. The van der Waals surface area contributed by atoms with E-state index in [0.29, 0.717) is 23.5 Å². The number of rotatable bonds is 6. The van der Waals surface area contributed by atoms with E-state index in [1.807, 2.05) is 6.08 Å². The quantitative estimate of drug-likeness (QED) is 0.333. The molecule has 0 amide bonds. The first-order valence-corrected chi connectivity index (χ1v) is 13.8. The van der Waals surface area contributed by atoms with Crippen LogP contribution in [0.2, 0.25) is 0 Å². The van der Waals surface area contributed by atoms with Crippen LogP contribution >= 0.6 is 0 Å². The fourth-order valence-corrected chi connectivity index (χ4v) is 8.82. The number of carbonyl (C=O) groups is 2. The van der Waals surface area contributed by atoms with Gasteiger partial charge in [-0.15, -0.1) is 0 Å². The number of ether oxygens (including phenoxy) is 1. The highest BCUT2D eigenvalue weighted by Gasteiger charge is 2.59. The van der Waals surface area contributed by atoms with Crippen LogP contribution in [0.4, 0.5) is 0 Å². The van der Waals surface area contributed by atoms with E-state index in [2.05, 4.69) is 20.8 Å². The molecule has 4 saturated carbocycles. The van der Waals surface area contributed by atoms with Crippen LogP contribution in [0, 0.1) is 46.8 Å². The Labute approximate surface area is 195 Å².